The molecular weight excluding hydrogens is 396 g/mol. The Balaban J connectivity index is 0.00000282. The van der Waals surface area contributed by atoms with Crippen LogP contribution in [0.3, 0.4) is 0 Å². The van der Waals surface area contributed by atoms with Crippen LogP contribution in [0.25, 0.3) is 0 Å². The average molecular weight is 441 g/mol. The fourth-order valence-corrected chi connectivity index (χ4v) is 4.25. The second-order valence-corrected chi connectivity index (χ2v) is 8.61. The summed E-state index contributed by atoms with van der Waals surface area (Å²) in [6.45, 7) is 6.51. The van der Waals surface area contributed by atoms with E-state index in [1.807, 2.05) is 0 Å². The molecule has 0 aromatic heterocycles. The number of aliphatic hydroxyl groups excluding tert-OH is 3. The molecule has 31 heavy (non-hydrogen) atoms. The summed E-state index contributed by atoms with van der Waals surface area (Å²) in [7, 11) is 0. The molecule has 3 atom stereocenters. The van der Waals surface area contributed by atoms with Crippen molar-refractivity contribution >= 4 is 11.8 Å². The fraction of sp³-hybridized carbons (Fsp3) is 0.760. The Bertz CT molecular complexity index is 554. The summed E-state index contributed by atoms with van der Waals surface area (Å²) in [6.07, 6.45) is 13.3. The van der Waals surface area contributed by atoms with Crippen LogP contribution in [0, 0.1) is 11.8 Å². The second-order valence-electron chi connectivity index (χ2n) is 8.61. The van der Waals surface area contributed by atoms with E-state index in [0.29, 0.717) is 31.0 Å². The van der Waals surface area contributed by atoms with Crippen molar-refractivity contribution < 1.29 is 30.0 Å². The van der Waals surface area contributed by atoms with Crippen molar-refractivity contribution in [1.82, 2.24) is 0 Å². The van der Waals surface area contributed by atoms with Crippen LogP contribution in [0.15, 0.2) is 24.2 Å². The maximum absolute atomic E-state index is 12.2. The number of hydrogen-bond acceptors (Lipinski definition) is 5. The van der Waals surface area contributed by atoms with Gasteiger partial charge in [0, 0.05) is 18.8 Å². The Morgan fingerprint density at radius 3 is 2.35 bits per heavy atom. The number of hydrogen-bond donors (Lipinski definition) is 4. The van der Waals surface area contributed by atoms with Gasteiger partial charge in [0.25, 0.3) is 0 Å². The van der Waals surface area contributed by atoms with Crippen molar-refractivity contribution in [3.8, 4) is 0 Å². The minimum Gasteiger partial charge on any atom is -0.516 e. The molecule has 1 fully saturated rings. The normalized spacial score (nSPS) is 19.9. The van der Waals surface area contributed by atoms with Gasteiger partial charge in [-0.2, -0.15) is 0 Å². The fourth-order valence-electron chi connectivity index (χ4n) is 4.25. The summed E-state index contributed by atoms with van der Waals surface area (Å²) in [6, 6.07) is 0. The summed E-state index contributed by atoms with van der Waals surface area (Å²) in [5, 5.41) is 36.1. The summed E-state index contributed by atoms with van der Waals surface area (Å²) in [5.41, 5.74) is 0.00284. The molecule has 0 amide bonds. The number of carbonyl (C=O) groups excluding carboxylic acids is 1. The number of Topliss-reactive ketones (excluding diaryl/α,β-unsaturated/α-hetero) is 1. The van der Waals surface area contributed by atoms with Crippen LogP contribution in [-0.4, -0.2) is 38.3 Å². The van der Waals surface area contributed by atoms with E-state index in [-0.39, 0.29) is 23.4 Å². The molecule has 6 heteroatoms. The molecule has 1 saturated carbocycles. The summed E-state index contributed by atoms with van der Waals surface area (Å²) < 4.78 is 0. The quantitative estimate of drug-likeness (QED) is 0.136. The third-order valence-electron chi connectivity index (χ3n) is 6.18. The van der Waals surface area contributed by atoms with Crippen LogP contribution in [0.2, 0.25) is 0 Å². The first-order chi connectivity index (χ1) is 14.8. The average Bonchev–Trinajstić information content (AvgIpc) is 3.07. The molecule has 0 aromatic rings. The zero-order chi connectivity index (χ0) is 23.6. The first kappa shape index (κ1) is 29.2. The third kappa shape index (κ3) is 13.2. The van der Waals surface area contributed by atoms with E-state index in [9.17, 15) is 19.8 Å². The van der Waals surface area contributed by atoms with Crippen LogP contribution in [0.1, 0.15) is 104 Å². The topological polar surface area (TPSA) is 115 Å². The van der Waals surface area contributed by atoms with E-state index in [1.54, 1.807) is 0 Å². The first-order valence-electron chi connectivity index (χ1n) is 11.9. The number of rotatable bonds is 15. The Labute approximate surface area is 188 Å². The van der Waals surface area contributed by atoms with Crippen molar-refractivity contribution in [3.63, 3.8) is 0 Å². The van der Waals surface area contributed by atoms with Crippen molar-refractivity contribution in [3.05, 3.63) is 24.2 Å². The number of carbonyl (C=O) groups is 2. The highest BCUT2D eigenvalue weighted by Gasteiger charge is 2.33. The Kier molecular flexibility index (Phi) is 16.8. The van der Waals surface area contributed by atoms with E-state index in [2.05, 4.69) is 13.5 Å². The van der Waals surface area contributed by atoms with Crippen molar-refractivity contribution in [1.29, 1.82) is 0 Å². The number of carboxylic acids is 1. The Morgan fingerprint density at radius 2 is 1.74 bits per heavy atom. The zero-order valence-electron chi connectivity index (χ0n) is 19.5. The van der Waals surface area contributed by atoms with Crippen molar-refractivity contribution in [2.24, 2.45) is 11.8 Å². The number of allylic oxidation sites excluding steroid dienone is 1. The van der Waals surface area contributed by atoms with Gasteiger partial charge in [0.05, 0.1) is 17.9 Å². The second kappa shape index (κ2) is 17.8. The number of aliphatic hydroxyl groups is 3. The van der Waals surface area contributed by atoms with E-state index in [1.165, 1.54) is 26.2 Å². The van der Waals surface area contributed by atoms with Gasteiger partial charge in [-0.3, -0.25) is 4.79 Å². The van der Waals surface area contributed by atoms with Crippen LogP contribution in [-0.2, 0) is 9.59 Å². The molecular formula is C25H44O6. The molecule has 0 bridgehead atoms. The molecule has 180 valence electrons. The highest BCUT2D eigenvalue weighted by Crippen LogP contribution is 2.36. The first-order valence-corrected chi connectivity index (χ1v) is 11.9. The SMILES string of the molecule is C=CO.CCCCCCC(O)CCC[C@H]1CCC(=O)[C@@H]1CCCCC(O)=C(C)C(=O)O. The standard InChI is InChI=1S/C23H40O5.C2H4O/c1-3-4-5-6-11-19(24)12-9-10-18-15-16-22(26)20(18)13-7-8-14-21(25)17(2)23(27)28;1-2-3/h18-20,24-25H,3-16H2,1-2H3,(H,27,28);2-3H,1H2/t18-,19?,20+;/m0./s1. The molecule has 0 spiro atoms. The largest absolute Gasteiger partial charge is 0.516 e. The molecule has 1 aliphatic rings. The number of ketones is 1. The smallest absolute Gasteiger partial charge is 0.334 e. The molecule has 0 aromatic carbocycles. The molecule has 1 rings (SSSR count). The number of unbranched alkanes of at least 4 members (excludes halogenated alkanes) is 4. The van der Waals surface area contributed by atoms with Crippen LogP contribution >= 0.6 is 0 Å². The number of aliphatic carboxylic acids is 1. The molecule has 0 radical (unpaired) electrons. The minimum absolute atomic E-state index is 0.00284. The zero-order valence-corrected chi connectivity index (χ0v) is 19.5. The lowest BCUT2D eigenvalue weighted by Gasteiger charge is -2.19. The maximum Gasteiger partial charge on any atom is 0.334 e. The van der Waals surface area contributed by atoms with Crippen LogP contribution in [0.5, 0.6) is 0 Å². The van der Waals surface area contributed by atoms with Gasteiger partial charge in [-0.05, 0) is 51.4 Å². The van der Waals surface area contributed by atoms with E-state index >= 15 is 0 Å². The molecule has 0 heterocycles. The molecule has 1 unspecified atom stereocenters. The minimum atomic E-state index is -1.09. The van der Waals surface area contributed by atoms with Crippen LogP contribution < -0.4 is 0 Å². The molecule has 4 N–H and O–H groups in total. The summed E-state index contributed by atoms with van der Waals surface area (Å²) in [5.74, 6) is -0.268. The highest BCUT2D eigenvalue weighted by atomic mass is 16.4. The highest BCUT2D eigenvalue weighted by molar-refractivity contribution is 5.86. The van der Waals surface area contributed by atoms with E-state index < -0.39 is 5.97 Å². The molecule has 0 saturated heterocycles. The predicted octanol–water partition coefficient (Wildman–Crippen LogP) is 6.25. The number of carboxylic acid groups (broad SMARTS) is 1. The Morgan fingerprint density at radius 1 is 1.10 bits per heavy atom. The summed E-state index contributed by atoms with van der Waals surface area (Å²) >= 11 is 0. The van der Waals surface area contributed by atoms with Gasteiger partial charge >= 0.3 is 5.97 Å². The third-order valence-corrected chi connectivity index (χ3v) is 6.18. The van der Waals surface area contributed by atoms with Gasteiger partial charge in [0.1, 0.15) is 11.5 Å². The van der Waals surface area contributed by atoms with Gasteiger partial charge in [0.15, 0.2) is 0 Å². The Hall–Kier alpha value is -1.82. The lowest BCUT2D eigenvalue weighted by molar-refractivity contribution is -0.132. The summed E-state index contributed by atoms with van der Waals surface area (Å²) in [4.78, 5) is 23.0. The van der Waals surface area contributed by atoms with Crippen molar-refractivity contribution in [2.45, 2.75) is 110 Å². The van der Waals surface area contributed by atoms with Gasteiger partial charge in [0.2, 0.25) is 0 Å². The van der Waals surface area contributed by atoms with E-state index in [4.69, 9.17) is 10.2 Å². The van der Waals surface area contributed by atoms with E-state index in [0.717, 1.165) is 57.6 Å². The van der Waals surface area contributed by atoms with Gasteiger partial charge < -0.3 is 20.4 Å². The molecule has 6 nitrogen and oxygen atoms in total. The van der Waals surface area contributed by atoms with Gasteiger partial charge in [-0.15, -0.1) is 0 Å². The maximum atomic E-state index is 12.2. The lowest BCUT2D eigenvalue weighted by Crippen LogP contribution is -2.16. The van der Waals surface area contributed by atoms with Gasteiger partial charge in [-0.25, -0.2) is 4.79 Å². The molecule has 1 aliphatic carbocycles. The monoisotopic (exact) mass is 440 g/mol. The lowest BCUT2D eigenvalue weighted by atomic mass is 9.86. The predicted molar refractivity (Wildman–Crippen MR) is 124 cm³/mol. The van der Waals surface area contributed by atoms with Crippen LogP contribution in [0.4, 0.5) is 0 Å². The van der Waals surface area contributed by atoms with Crippen molar-refractivity contribution in [2.75, 3.05) is 0 Å². The van der Waals surface area contributed by atoms with Gasteiger partial charge in [-0.1, -0.05) is 52.0 Å². The molecule has 0 aliphatic heterocycles.